The van der Waals surface area contributed by atoms with E-state index in [1.807, 2.05) is 11.3 Å². The van der Waals surface area contributed by atoms with Crippen LogP contribution in [0.5, 0.6) is 0 Å². The van der Waals surface area contributed by atoms with Crippen LogP contribution in [0, 0.1) is 0 Å². The Morgan fingerprint density at radius 2 is 0.922 bits per heavy atom. The molecule has 0 radical (unpaired) electrons. The number of para-hydroxylation sites is 5. The lowest BCUT2D eigenvalue weighted by molar-refractivity contribution is 1.18. The first kappa shape index (κ1) is 28.4. The van der Waals surface area contributed by atoms with Crippen LogP contribution in [0.1, 0.15) is 0 Å². The third-order valence-corrected chi connectivity index (χ3v) is 11.6. The lowest BCUT2D eigenvalue weighted by Crippen LogP contribution is -1.95. The first-order valence-corrected chi connectivity index (χ1v) is 18.3. The monoisotopic (exact) mass is 666 g/mol. The molecule has 0 saturated carbocycles. The summed E-state index contributed by atoms with van der Waals surface area (Å²) < 4.78 is 7.45. The largest absolute Gasteiger partial charge is 0.309 e. The van der Waals surface area contributed by atoms with Crippen molar-refractivity contribution in [2.45, 2.75) is 0 Å². The first-order chi connectivity index (χ1) is 25.3. The molecule has 0 fully saturated rings. The normalized spacial score (nSPS) is 11.9. The third kappa shape index (κ3) is 4.22. The van der Waals surface area contributed by atoms with Crippen LogP contribution in [0.25, 0.3) is 97.4 Å². The molecule has 2 nitrogen and oxygen atoms in total. The molecule has 51 heavy (non-hydrogen) atoms. The van der Waals surface area contributed by atoms with Gasteiger partial charge in [0.05, 0.1) is 22.1 Å². The maximum atomic E-state index is 2.45. The molecule has 0 aliphatic carbocycles. The lowest BCUT2D eigenvalue weighted by atomic mass is 9.93. The van der Waals surface area contributed by atoms with E-state index in [1.54, 1.807) is 0 Å². The molecular weight excluding hydrogens is 637 g/mol. The van der Waals surface area contributed by atoms with Gasteiger partial charge in [0.15, 0.2) is 0 Å². The van der Waals surface area contributed by atoms with Gasteiger partial charge in [0.2, 0.25) is 0 Å². The summed E-state index contributed by atoms with van der Waals surface area (Å²) in [6, 6.07) is 66.7. The Kier molecular flexibility index (Phi) is 6.16. The van der Waals surface area contributed by atoms with Crippen LogP contribution in [-0.4, -0.2) is 9.13 Å². The molecule has 3 heterocycles. The van der Waals surface area contributed by atoms with Gasteiger partial charge in [-0.25, -0.2) is 0 Å². The minimum atomic E-state index is 1.17. The van der Waals surface area contributed by atoms with E-state index < -0.39 is 0 Å². The van der Waals surface area contributed by atoms with Crippen molar-refractivity contribution in [2.24, 2.45) is 0 Å². The van der Waals surface area contributed by atoms with Crippen LogP contribution in [0.4, 0.5) is 0 Å². The summed E-state index contributed by atoms with van der Waals surface area (Å²) in [7, 11) is 0. The van der Waals surface area contributed by atoms with E-state index in [9.17, 15) is 0 Å². The number of thiophene rings is 1. The van der Waals surface area contributed by atoms with Gasteiger partial charge in [-0.05, 0) is 83.4 Å². The van der Waals surface area contributed by atoms with Crippen LogP contribution in [0.3, 0.4) is 0 Å². The Morgan fingerprint density at radius 3 is 1.69 bits per heavy atom. The number of nitrogens with zero attached hydrogens (tertiary/aromatic N) is 2. The molecule has 0 bridgehead atoms. The summed E-state index contributed by atoms with van der Waals surface area (Å²) in [6.45, 7) is 0. The highest BCUT2D eigenvalue weighted by molar-refractivity contribution is 7.26. The van der Waals surface area contributed by atoms with Gasteiger partial charge in [-0.2, -0.15) is 0 Å². The van der Waals surface area contributed by atoms with Crippen LogP contribution < -0.4 is 0 Å². The number of rotatable bonds is 4. The fourth-order valence-electron chi connectivity index (χ4n) is 8.33. The van der Waals surface area contributed by atoms with E-state index in [1.165, 1.54) is 97.4 Å². The molecule has 0 amide bonds. The van der Waals surface area contributed by atoms with E-state index in [0.717, 1.165) is 0 Å². The molecule has 11 rings (SSSR count). The van der Waals surface area contributed by atoms with Gasteiger partial charge in [0.1, 0.15) is 0 Å². The molecule has 0 saturated heterocycles. The van der Waals surface area contributed by atoms with Gasteiger partial charge in [0, 0.05) is 58.7 Å². The molecule has 0 spiro atoms. The Morgan fingerprint density at radius 1 is 0.333 bits per heavy atom. The van der Waals surface area contributed by atoms with E-state index in [2.05, 4.69) is 191 Å². The summed E-state index contributed by atoms with van der Waals surface area (Å²) in [4.78, 5) is 0. The summed E-state index contributed by atoms with van der Waals surface area (Å²) in [5, 5.41) is 7.68. The average molecular weight is 667 g/mol. The SMILES string of the molecule is c1ccc(-n2c3ccccc3c3cc(-c4cc(-c5cccc6c7ccccc7n(-c7ccccc7)c56)cc5sc6ccccc6c45)ccc32)cc1. The molecular formula is C48H30N2S. The van der Waals surface area contributed by atoms with Gasteiger partial charge in [-0.15, -0.1) is 11.3 Å². The zero-order chi connectivity index (χ0) is 33.5. The first-order valence-electron chi connectivity index (χ1n) is 17.4. The van der Waals surface area contributed by atoms with Gasteiger partial charge in [0.25, 0.3) is 0 Å². The number of fused-ring (bicyclic) bond motifs is 9. The molecule has 8 aromatic carbocycles. The van der Waals surface area contributed by atoms with Crippen LogP contribution in [-0.2, 0) is 0 Å². The fourth-order valence-corrected chi connectivity index (χ4v) is 9.50. The van der Waals surface area contributed by atoms with Crippen LogP contribution in [0.2, 0.25) is 0 Å². The molecule has 0 aliphatic heterocycles. The van der Waals surface area contributed by atoms with Crippen LogP contribution in [0.15, 0.2) is 182 Å². The number of hydrogen-bond acceptors (Lipinski definition) is 1. The zero-order valence-electron chi connectivity index (χ0n) is 27.6. The second kappa shape index (κ2) is 11.0. The second-order valence-electron chi connectivity index (χ2n) is 13.3. The number of benzene rings is 8. The molecule has 3 heteroatoms. The predicted octanol–water partition coefficient (Wildman–Crippen LogP) is 13.6. The summed E-state index contributed by atoms with van der Waals surface area (Å²) in [5.41, 5.74) is 12.2. The molecule has 0 aliphatic rings. The summed E-state index contributed by atoms with van der Waals surface area (Å²) >= 11 is 1.89. The van der Waals surface area contributed by atoms with Crippen molar-refractivity contribution in [1.82, 2.24) is 9.13 Å². The van der Waals surface area contributed by atoms with Crippen molar-refractivity contribution in [2.75, 3.05) is 0 Å². The lowest BCUT2D eigenvalue weighted by Gasteiger charge is -2.14. The quantitative estimate of drug-likeness (QED) is 0.177. The zero-order valence-corrected chi connectivity index (χ0v) is 28.4. The smallest absolute Gasteiger partial charge is 0.0619 e. The highest BCUT2D eigenvalue weighted by atomic mass is 32.1. The highest BCUT2D eigenvalue weighted by Gasteiger charge is 2.20. The van der Waals surface area contributed by atoms with Crippen LogP contribution >= 0.6 is 11.3 Å². The minimum absolute atomic E-state index is 1.17. The maximum Gasteiger partial charge on any atom is 0.0619 e. The Bertz CT molecular complexity index is 3130. The Labute approximate surface area is 298 Å². The maximum absolute atomic E-state index is 2.45. The van der Waals surface area contributed by atoms with Gasteiger partial charge < -0.3 is 9.13 Å². The van der Waals surface area contributed by atoms with Gasteiger partial charge in [-0.1, -0.05) is 115 Å². The van der Waals surface area contributed by atoms with Gasteiger partial charge in [-0.3, -0.25) is 0 Å². The van der Waals surface area contributed by atoms with E-state index in [0.29, 0.717) is 0 Å². The number of aromatic nitrogens is 2. The molecule has 3 aromatic heterocycles. The Hall–Kier alpha value is -6.42. The fraction of sp³-hybridized carbons (Fsp3) is 0. The molecule has 11 aromatic rings. The van der Waals surface area contributed by atoms with E-state index in [-0.39, 0.29) is 0 Å². The average Bonchev–Trinajstić information content (AvgIpc) is 3.86. The topological polar surface area (TPSA) is 9.86 Å². The van der Waals surface area contributed by atoms with Crippen molar-refractivity contribution in [3.63, 3.8) is 0 Å². The summed E-state index contributed by atoms with van der Waals surface area (Å²) in [5.74, 6) is 0. The van der Waals surface area contributed by atoms with Crippen molar-refractivity contribution in [1.29, 1.82) is 0 Å². The van der Waals surface area contributed by atoms with Crippen molar-refractivity contribution >= 4 is 75.1 Å². The molecule has 0 atom stereocenters. The molecule has 238 valence electrons. The van der Waals surface area contributed by atoms with E-state index >= 15 is 0 Å². The highest BCUT2D eigenvalue weighted by Crippen LogP contribution is 2.46. The third-order valence-electron chi connectivity index (χ3n) is 10.5. The van der Waals surface area contributed by atoms with Crippen molar-refractivity contribution in [3.8, 4) is 33.6 Å². The van der Waals surface area contributed by atoms with Crippen molar-refractivity contribution in [3.05, 3.63) is 182 Å². The number of hydrogen-bond donors (Lipinski definition) is 0. The standard InChI is InChI=1S/C48H30N2S/c1-3-14-33(15-4-1)49-42-23-10-8-19-37(42)41-28-31(26-27-44(41)49)40-29-32(30-46-47(40)39-20-9-12-25-45(39)51-46)35-21-13-22-38-36-18-7-11-24-43(36)50(48(35)38)34-16-5-2-6-17-34/h1-30H. The second-order valence-corrected chi connectivity index (χ2v) is 14.4. The van der Waals surface area contributed by atoms with E-state index in [4.69, 9.17) is 0 Å². The van der Waals surface area contributed by atoms with Crippen molar-refractivity contribution < 1.29 is 0 Å². The predicted molar refractivity (Wildman–Crippen MR) is 219 cm³/mol. The molecule has 0 unspecified atom stereocenters. The minimum Gasteiger partial charge on any atom is -0.309 e. The summed E-state index contributed by atoms with van der Waals surface area (Å²) in [6.07, 6.45) is 0. The van der Waals surface area contributed by atoms with Gasteiger partial charge >= 0.3 is 0 Å². The molecule has 0 N–H and O–H groups in total. The Balaban J connectivity index is 1.23.